The summed E-state index contributed by atoms with van der Waals surface area (Å²) in [5.41, 5.74) is 0.736. The molecule has 1 aromatic carbocycles. The van der Waals surface area contributed by atoms with Crippen LogP contribution in [-0.2, 0) is 20.7 Å². The van der Waals surface area contributed by atoms with Gasteiger partial charge in [-0.15, -0.1) is 0 Å². The van der Waals surface area contributed by atoms with Crippen molar-refractivity contribution in [2.45, 2.75) is 20.3 Å². The van der Waals surface area contributed by atoms with E-state index in [0.717, 1.165) is 5.56 Å². The lowest BCUT2D eigenvalue weighted by Crippen LogP contribution is -2.26. The van der Waals surface area contributed by atoms with Gasteiger partial charge in [-0.25, -0.2) is 0 Å². The summed E-state index contributed by atoms with van der Waals surface area (Å²) < 4.78 is 15.4. The van der Waals surface area contributed by atoms with Gasteiger partial charge in [0, 0.05) is 0 Å². The smallest absolute Gasteiger partial charge is 0.316 e. The van der Waals surface area contributed by atoms with E-state index in [9.17, 15) is 9.59 Å². The number of ketones is 1. The molecule has 0 bridgehead atoms. The van der Waals surface area contributed by atoms with Crippen LogP contribution < -0.4 is 9.47 Å². The summed E-state index contributed by atoms with van der Waals surface area (Å²) in [6.45, 7) is 3.34. The molecule has 0 aliphatic heterocycles. The van der Waals surface area contributed by atoms with Crippen molar-refractivity contribution in [3.63, 3.8) is 0 Å². The average molecular weight is 280 g/mol. The fourth-order valence-corrected chi connectivity index (χ4v) is 1.97. The summed E-state index contributed by atoms with van der Waals surface area (Å²) in [6.07, 6.45) is 0.231. The number of hydrogen-bond donors (Lipinski definition) is 0. The lowest BCUT2D eigenvalue weighted by Gasteiger charge is -2.16. The predicted molar refractivity (Wildman–Crippen MR) is 74.1 cm³/mol. The van der Waals surface area contributed by atoms with Crippen molar-refractivity contribution in [3.05, 3.63) is 23.8 Å². The second-order valence-electron chi connectivity index (χ2n) is 4.27. The Morgan fingerprint density at radius 2 is 1.90 bits per heavy atom. The molecule has 5 nitrogen and oxygen atoms in total. The highest BCUT2D eigenvalue weighted by molar-refractivity contribution is 5.98. The largest absolute Gasteiger partial charge is 0.493 e. The topological polar surface area (TPSA) is 61.8 Å². The van der Waals surface area contributed by atoms with Crippen LogP contribution >= 0.6 is 0 Å². The summed E-state index contributed by atoms with van der Waals surface area (Å²) in [5, 5.41) is 0. The molecule has 0 fully saturated rings. The van der Waals surface area contributed by atoms with E-state index >= 15 is 0 Å². The summed E-state index contributed by atoms with van der Waals surface area (Å²) in [5.74, 6) is -0.462. The van der Waals surface area contributed by atoms with Crippen LogP contribution in [0.2, 0.25) is 0 Å². The van der Waals surface area contributed by atoms with Gasteiger partial charge in [-0.3, -0.25) is 9.59 Å². The molecule has 0 aliphatic carbocycles. The van der Waals surface area contributed by atoms with Crippen LogP contribution in [0.3, 0.4) is 0 Å². The van der Waals surface area contributed by atoms with Crippen molar-refractivity contribution in [2.75, 3.05) is 20.8 Å². The van der Waals surface area contributed by atoms with Gasteiger partial charge in [0.1, 0.15) is 11.7 Å². The minimum Gasteiger partial charge on any atom is -0.493 e. The number of rotatable bonds is 7. The van der Waals surface area contributed by atoms with Crippen LogP contribution in [0.15, 0.2) is 18.2 Å². The van der Waals surface area contributed by atoms with Crippen LogP contribution in [0, 0.1) is 5.92 Å². The van der Waals surface area contributed by atoms with Gasteiger partial charge in [0.15, 0.2) is 11.5 Å². The fraction of sp³-hybridized carbons (Fsp3) is 0.467. The van der Waals surface area contributed by atoms with Crippen LogP contribution in [0.1, 0.15) is 19.4 Å². The maximum Gasteiger partial charge on any atom is 0.316 e. The third-order valence-electron chi connectivity index (χ3n) is 2.97. The molecule has 1 unspecified atom stereocenters. The Morgan fingerprint density at radius 3 is 2.40 bits per heavy atom. The quantitative estimate of drug-likeness (QED) is 0.565. The SMILES string of the molecule is CCOC(=O)C(Cc1cccc(OC)c1OC)C(C)=O. The van der Waals surface area contributed by atoms with E-state index in [-0.39, 0.29) is 18.8 Å². The molecule has 0 saturated heterocycles. The first kappa shape index (κ1) is 16.0. The van der Waals surface area contributed by atoms with E-state index < -0.39 is 11.9 Å². The number of benzene rings is 1. The third-order valence-corrected chi connectivity index (χ3v) is 2.97. The molecule has 0 saturated carbocycles. The van der Waals surface area contributed by atoms with Crippen molar-refractivity contribution in [2.24, 2.45) is 5.92 Å². The Hall–Kier alpha value is -2.04. The molecular weight excluding hydrogens is 260 g/mol. The molecular formula is C15H20O5. The number of para-hydroxylation sites is 1. The number of carbonyl (C=O) groups excluding carboxylic acids is 2. The van der Waals surface area contributed by atoms with E-state index in [1.165, 1.54) is 21.1 Å². The van der Waals surface area contributed by atoms with E-state index in [4.69, 9.17) is 14.2 Å². The number of hydrogen-bond acceptors (Lipinski definition) is 5. The van der Waals surface area contributed by atoms with Crippen molar-refractivity contribution in [1.29, 1.82) is 0 Å². The van der Waals surface area contributed by atoms with Crippen LogP contribution in [0.5, 0.6) is 11.5 Å². The minimum absolute atomic E-state index is 0.228. The van der Waals surface area contributed by atoms with Gasteiger partial charge in [-0.1, -0.05) is 12.1 Å². The normalized spacial score (nSPS) is 11.6. The maximum atomic E-state index is 11.8. The molecule has 0 radical (unpaired) electrons. The number of ether oxygens (including phenoxy) is 3. The summed E-state index contributed by atoms with van der Waals surface area (Å²) in [7, 11) is 3.06. The van der Waals surface area contributed by atoms with Crippen molar-refractivity contribution in [1.82, 2.24) is 0 Å². The van der Waals surface area contributed by atoms with E-state index in [1.54, 1.807) is 25.1 Å². The number of Topliss-reactive ketones (excluding diaryl/α,β-unsaturated/α-hetero) is 1. The van der Waals surface area contributed by atoms with E-state index in [0.29, 0.717) is 11.5 Å². The van der Waals surface area contributed by atoms with Gasteiger partial charge in [-0.05, 0) is 31.9 Å². The Balaban J connectivity index is 3.05. The van der Waals surface area contributed by atoms with Gasteiger partial charge in [0.25, 0.3) is 0 Å². The molecule has 0 aliphatic rings. The summed E-state index contributed by atoms with van der Waals surface area (Å²) >= 11 is 0. The Labute approximate surface area is 118 Å². The first-order valence-corrected chi connectivity index (χ1v) is 6.42. The van der Waals surface area contributed by atoms with Crippen LogP contribution in [0.4, 0.5) is 0 Å². The van der Waals surface area contributed by atoms with Gasteiger partial charge in [-0.2, -0.15) is 0 Å². The summed E-state index contributed by atoms with van der Waals surface area (Å²) in [6, 6.07) is 5.35. The lowest BCUT2D eigenvalue weighted by atomic mass is 9.95. The highest BCUT2D eigenvalue weighted by atomic mass is 16.5. The number of carbonyl (C=O) groups is 2. The molecule has 20 heavy (non-hydrogen) atoms. The van der Waals surface area contributed by atoms with Crippen molar-refractivity contribution in [3.8, 4) is 11.5 Å². The van der Waals surface area contributed by atoms with Gasteiger partial charge >= 0.3 is 5.97 Å². The lowest BCUT2D eigenvalue weighted by molar-refractivity contribution is -0.151. The van der Waals surface area contributed by atoms with Gasteiger partial charge in [0.2, 0.25) is 0 Å². The van der Waals surface area contributed by atoms with Crippen molar-refractivity contribution >= 4 is 11.8 Å². The molecule has 0 aromatic heterocycles. The molecule has 0 heterocycles. The van der Waals surface area contributed by atoms with Gasteiger partial charge < -0.3 is 14.2 Å². The predicted octanol–water partition coefficient (Wildman–Crippen LogP) is 2.01. The second kappa shape index (κ2) is 7.53. The first-order chi connectivity index (χ1) is 9.54. The Morgan fingerprint density at radius 1 is 1.20 bits per heavy atom. The third kappa shape index (κ3) is 3.73. The van der Waals surface area contributed by atoms with E-state index in [1.807, 2.05) is 0 Å². The molecule has 0 N–H and O–H groups in total. The van der Waals surface area contributed by atoms with Crippen LogP contribution in [0.25, 0.3) is 0 Å². The molecule has 0 amide bonds. The zero-order valence-corrected chi connectivity index (χ0v) is 12.3. The number of methoxy groups -OCH3 is 2. The molecule has 5 heteroatoms. The second-order valence-corrected chi connectivity index (χ2v) is 4.27. The van der Waals surface area contributed by atoms with E-state index in [2.05, 4.69) is 0 Å². The molecule has 1 atom stereocenters. The zero-order chi connectivity index (χ0) is 15.1. The highest BCUT2D eigenvalue weighted by Crippen LogP contribution is 2.32. The Kier molecular flexibility index (Phi) is 6.03. The highest BCUT2D eigenvalue weighted by Gasteiger charge is 2.26. The average Bonchev–Trinajstić information content (AvgIpc) is 2.43. The Bertz CT molecular complexity index is 481. The zero-order valence-electron chi connectivity index (χ0n) is 12.3. The monoisotopic (exact) mass is 280 g/mol. The maximum absolute atomic E-state index is 11.8. The molecule has 110 valence electrons. The minimum atomic E-state index is -0.823. The van der Waals surface area contributed by atoms with Gasteiger partial charge in [0.05, 0.1) is 20.8 Å². The molecule has 1 rings (SSSR count). The number of esters is 1. The van der Waals surface area contributed by atoms with Crippen molar-refractivity contribution < 1.29 is 23.8 Å². The van der Waals surface area contributed by atoms with Crippen LogP contribution in [-0.4, -0.2) is 32.6 Å². The fourth-order valence-electron chi connectivity index (χ4n) is 1.97. The molecule has 1 aromatic rings. The first-order valence-electron chi connectivity index (χ1n) is 6.42. The standard InChI is InChI=1S/C15H20O5/c1-5-20-15(17)12(10(2)16)9-11-7-6-8-13(18-3)14(11)19-4/h6-8,12H,5,9H2,1-4H3. The summed E-state index contributed by atoms with van der Waals surface area (Å²) in [4.78, 5) is 23.5. The molecule has 0 spiro atoms.